The number of rotatable bonds is 1. The summed E-state index contributed by atoms with van der Waals surface area (Å²) in [6, 6.07) is 5.93. The van der Waals surface area contributed by atoms with E-state index in [0.717, 1.165) is 32.1 Å². The number of hydrogen-bond acceptors (Lipinski definition) is 2. The van der Waals surface area contributed by atoms with Crippen molar-refractivity contribution in [1.82, 2.24) is 0 Å². The van der Waals surface area contributed by atoms with Gasteiger partial charge in [0.2, 0.25) is 0 Å². The monoisotopic (exact) mass is 298 g/mol. The van der Waals surface area contributed by atoms with Gasteiger partial charge in [-0.3, -0.25) is 4.79 Å². The lowest BCUT2D eigenvalue weighted by molar-refractivity contribution is -0.132. The van der Waals surface area contributed by atoms with Gasteiger partial charge in [-0.2, -0.15) is 0 Å². The highest BCUT2D eigenvalue weighted by Gasteiger charge is 2.57. The van der Waals surface area contributed by atoms with E-state index in [1.165, 1.54) is 17.5 Å². The molecule has 0 heterocycles. The molecular formula is C20H26O2. The van der Waals surface area contributed by atoms with Crippen LogP contribution < -0.4 is 0 Å². The number of fused-ring (bicyclic) bond motifs is 5. The van der Waals surface area contributed by atoms with Gasteiger partial charge in [0.25, 0.3) is 0 Å². The van der Waals surface area contributed by atoms with Gasteiger partial charge in [-0.15, -0.1) is 0 Å². The number of Topliss-reactive ketones (excluding diaryl/α,β-unsaturated/α-hetero) is 1. The molecule has 0 amide bonds. The highest BCUT2D eigenvalue weighted by atomic mass is 16.3. The average Bonchev–Trinajstić information content (AvgIpc) is 2.78. The zero-order chi connectivity index (χ0) is 15.5. The number of aryl methyl sites for hydroxylation is 1. The zero-order valence-corrected chi connectivity index (χ0v) is 13.6. The van der Waals surface area contributed by atoms with E-state index in [-0.39, 0.29) is 5.41 Å². The van der Waals surface area contributed by atoms with Gasteiger partial charge in [0, 0.05) is 11.3 Å². The molecule has 5 atom stereocenters. The second-order valence-electron chi connectivity index (χ2n) is 7.96. The maximum atomic E-state index is 12.8. The van der Waals surface area contributed by atoms with Crippen LogP contribution in [-0.4, -0.2) is 10.9 Å². The van der Waals surface area contributed by atoms with Crippen LogP contribution >= 0.6 is 0 Å². The topological polar surface area (TPSA) is 37.3 Å². The minimum absolute atomic E-state index is 0.0593. The first-order chi connectivity index (χ1) is 10.5. The van der Waals surface area contributed by atoms with Crippen LogP contribution in [0.1, 0.15) is 63.0 Å². The maximum absolute atomic E-state index is 12.8. The highest BCUT2D eigenvalue weighted by molar-refractivity contribution is 5.89. The van der Waals surface area contributed by atoms with E-state index in [1.54, 1.807) is 0 Å². The molecule has 2 nitrogen and oxygen atoms in total. The number of aromatic hydroxyl groups is 1. The van der Waals surface area contributed by atoms with Crippen LogP contribution in [-0.2, 0) is 11.2 Å². The van der Waals surface area contributed by atoms with E-state index >= 15 is 0 Å². The van der Waals surface area contributed by atoms with Crippen LogP contribution in [0.5, 0.6) is 5.75 Å². The largest absolute Gasteiger partial charge is 0.508 e. The Balaban J connectivity index is 1.70. The van der Waals surface area contributed by atoms with Crippen molar-refractivity contribution in [2.45, 2.75) is 58.3 Å². The molecule has 0 bridgehead atoms. The lowest BCUT2D eigenvalue weighted by Crippen LogP contribution is -2.42. The van der Waals surface area contributed by atoms with Crippen molar-refractivity contribution in [2.75, 3.05) is 0 Å². The third-order valence-corrected chi connectivity index (χ3v) is 7.06. The number of hydrogen-bond donors (Lipinski definition) is 1. The lowest BCUT2D eigenvalue weighted by atomic mass is 9.55. The summed E-state index contributed by atoms with van der Waals surface area (Å²) in [7, 11) is 0. The van der Waals surface area contributed by atoms with Crippen LogP contribution in [0.4, 0.5) is 0 Å². The Morgan fingerprint density at radius 1 is 1.32 bits per heavy atom. The Hall–Kier alpha value is -1.31. The molecule has 0 aliphatic heterocycles. The van der Waals surface area contributed by atoms with Gasteiger partial charge < -0.3 is 5.11 Å². The number of carbonyl (C=O) groups is 1. The summed E-state index contributed by atoms with van der Waals surface area (Å²) in [5.74, 6) is 3.08. The Bertz CT molecular complexity index is 620. The molecule has 3 aliphatic carbocycles. The van der Waals surface area contributed by atoms with Crippen LogP contribution in [0, 0.1) is 23.2 Å². The first-order valence-electron chi connectivity index (χ1n) is 8.90. The summed E-state index contributed by atoms with van der Waals surface area (Å²) in [4.78, 5) is 12.8. The second kappa shape index (κ2) is 4.84. The van der Waals surface area contributed by atoms with Gasteiger partial charge in [0.15, 0.2) is 0 Å². The van der Waals surface area contributed by atoms with Crippen molar-refractivity contribution in [2.24, 2.45) is 23.2 Å². The van der Waals surface area contributed by atoms with E-state index in [0.29, 0.717) is 35.2 Å². The first kappa shape index (κ1) is 14.3. The molecule has 3 aliphatic rings. The SMILES string of the molecule is CC[C@H]1C[C@H]2[C@@H]3CCc4cc(O)ccc4[C@H]3CC[C@]2(C)C1=O. The molecule has 0 spiro atoms. The van der Waals surface area contributed by atoms with Crippen LogP contribution in [0.15, 0.2) is 18.2 Å². The molecule has 0 saturated heterocycles. The fraction of sp³-hybridized carbons (Fsp3) is 0.650. The fourth-order valence-electron chi connectivity index (χ4n) is 5.86. The van der Waals surface area contributed by atoms with Crippen LogP contribution in [0.3, 0.4) is 0 Å². The molecule has 1 N–H and O–H groups in total. The molecule has 1 aromatic rings. The van der Waals surface area contributed by atoms with E-state index in [4.69, 9.17) is 0 Å². The minimum atomic E-state index is -0.0593. The molecule has 2 saturated carbocycles. The Kier molecular flexibility index (Phi) is 3.15. The Morgan fingerprint density at radius 2 is 2.14 bits per heavy atom. The van der Waals surface area contributed by atoms with E-state index in [1.807, 2.05) is 12.1 Å². The van der Waals surface area contributed by atoms with Crippen molar-refractivity contribution < 1.29 is 9.90 Å². The lowest BCUT2D eigenvalue weighted by Gasteiger charge is -2.48. The van der Waals surface area contributed by atoms with E-state index < -0.39 is 0 Å². The standard InChI is InChI=1S/C20H26O2/c1-3-12-11-18-17-6-4-13-10-14(21)5-7-15(13)16(17)8-9-20(18,2)19(12)22/h5,7,10,12,16-18,21H,3-4,6,8-9,11H2,1-2H3/t12-,16+,17+,18-,20-/m0/s1. The third kappa shape index (κ3) is 1.82. The summed E-state index contributed by atoms with van der Waals surface area (Å²) in [6.45, 7) is 4.41. The average molecular weight is 298 g/mol. The highest BCUT2D eigenvalue weighted by Crippen LogP contribution is 2.61. The second-order valence-corrected chi connectivity index (χ2v) is 7.96. The van der Waals surface area contributed by atoms with Gasteiger partial charge in [-0.05, 0) is 79.5 Å². The van der Waals surface area contributed by atoms with Gasteiger partial charge in [0.05, 0.1) is 0 Å². The summed E-state index contributed by atoms with van der Waals surface area (Å²) in [6.07, 6.45) is 6.55. The van der Waals surface area contributed by atoms with Gasteiger partial charge in [-0.25, -0.2) is 0 Å². The van der Waals surface area contributed by atoms with Gasteiger partial charge >= 0.3 is 0 Å². The van der Waals surface area contributed by atoms with Crippen molar-refractivity contribution >= 4 is 5.78 Å². The molecule has 22 heavy (non-hydrogen) atoms. The Morgan fingerprint density at radius 3 is 2.91 bits per heavy atom. The van der Waals surface area contributed by atoms with Crippen molar-refractivity contribution in [3.8, 4) is 5.75 Å². The molecule has 0 radical (unpaired) electrons. The van der Waals surface area contributed by atoms with Crippen molar-refractivity contribution in [3.63, 3.8) is 0 Å². The summed E-state index contributed by atoms with van der Waals surface area (Å²) < 4.78 is 0. The molecule has 2 fully saturated rings. The zero-order valence-electron chi connectivity index (χ0n) is 13.6. The molecule has 2 heteroatoms. The summed E-state index contributed by atoms with van der Waals surface area (Å²) >= 11 is 0. The van der Waals surface area contributed by atoms with Crippen LogP contribution in [0.2, 0.25) is 0 Å². The predicted molar refractivity (Wildman–Crippen MR) is 86.9 cm³/mol. The van der Waals surface area contributed by atoms with Crippen molar-refractivity contribution in [1.29, 1.82) is 0 Å². The van der Waals surface area contributed by atoms with E-state index in [2.05, 4.69) is 19.9 Å². The summed E-state index contributed by atoms with van der Waals surface area (Å²) in [5.41, 5.74) is 2.72. The van der Waals surface area contributed by atoms with Crippen molar-refractivity contribution in [3.05, 3.63) is 29.3 Å². The molecule has 0 unspecified atom stereocenters. The maximum Gasteiger partial charge on any atom is 0.142 e. The molecule has 4 rings (SSSR count). The number of phenols is 1. The molecular weight excluding hydrogens is 272 g/mol. The third-order valence-electron chi connectivity index (χ3n) is 7.06. The molecule has 1 aromatic carbocycles. The number of benzene rings is 1. The number of carbonyl (C=O) groups excluding carboxylic acids is 1. The normalized spacial score (nSPS) is 40.0. The first-order valence-corrected chi connectivity index (χ1v) is 8.90. The Labute approximate surface area is 132 Å². The van der Waals surface area contributed by atoms with Gasteiger partial charge in [-0.1, -0.05) is 19.9 Å². The number of ketones is 1. The van der Waals surface area contributed by atoms with E-state index in [9.17, 15) is 9.90 Å². The minimum Gasteiger partial charge on any atom is -0.508 e. The number of phenolic OH excluding ortho intramolecular Hbond substituents is 1. The van der Waals surface area contributed by atoms with Gasteiger partial charge in [0.1, 0.15) is 11.5 Å². The summed E-state index contributed by atoms with van der Waals surface area (Å²) in [5, 5.41) is 9.73. The fourth-order valence-corrected chi connectivity index (χ4v) is 5.86. The molecule has 0 aromatic heterocycles. The molecule has 118 valence electrons. The predicted octanol–water partition coefficient (Wildman–Crippen LogP) is 4.45. The van der Waals surface area contributed by atoms with Crippen LogP contribution in [0.25, 0.3) is 0 Å². The smallest absolute Gasteiger partial charge is 0.142 e. The quantitative estimate of drug-likeness (QED) is 0.831.